The van der Waals surface area contributed by atoms with Crippen molar-refractivity contribution < 1.29 is 14.3 Å². The molecule has 1 saturated heterocycles. The second-order valence-corrected chi connectivity index (χ2v) is 6.56. The van der Waals surface area contributed by atoms with Gasteiger partial charge in [-0.15, -0.1) is 0 Å². The number of pyridine rings is 1. The lowest BCUT2D eigenvalue weighted by Crippen LogP contribution is -2.49. The Kier molecular flexibility index (Phi) is 4.85. The van der Waals surface area contributed by atoms with Crippen LogP contribution in [0.15, 0.2) is 30.6 Å². The molecule has 8 nitrogen and oxygen atoms in total. The summed E-state index contributed by atoms with van der Waals surface area (Å²) in [5.74, 6) is 0.740. The normalized spacial score (nSPS) is 20.7. The molecule has 1 amide bonds. The van der Waals surface area contributed by atoms with Crippen molar-refractivity contribution in [2.45, 2.75) is 19.1 Å². The summed E-state index contributed by atoms with van der Waals surface area (Å²) in [6.07, 6.45) is 3.49. The van der Waals surface area contributed by atoms with Gasteiger partial charge < -0.3 is 14.4 Å². The zero-order valence-electron chi connectivity index (χ0n) is 14.9. The maximum absolute atomic E-state index is 13.1. The van der Waals surface area contributed by atoms with Crippen LogP contribution in [0.1, 0.15) is 17.3 Å². The smallest absolute Gasteiger partial charge is 0.248 e. The second-order valence-electron chi connectivity index (χ2n) is 6.56. The van der Waals surface area contributed by atoms with Crippen LogP contribution < -0.4 is 4.74 Å². The van der Waals surface area contributed by atoms with Crippen LogP contribution in [0.2, 0.25) is 0 Å². The lowest BCUT2D eigenvalue weighted by atomic mass is 10.1. The molecule has 2 aliphatic heterocycles. The molecule has 0 saturated carbocycles. The number of rotatable bonds is 4. The number of carbonyl (C=O) groups is 1. The van der Waals surface area contributed by atoms with E-state index in [9.17, 15) is 4.79 Å². The number of carbonyl (C=O) groups excluding carboxylic acids is 1. The van der Waals surface area contributed by atoms with Gasteiger partial charge in [0.15, 0.2) is 0 Å². The third-order valence-electron chi connectivity index (χ3n) is 4.91. The zero-order valence-corrected chi connectivity index (χ0v) is 14.9. The van der Waals surface area contributed by atoms with Gasteiger partial charge in [-0.1, -0.05) is 6.07 Å². The Labute approximate surface area is 152 Å². The number of nitrogens with zero attached hydrogens (tertiary/aromatic N) is 5. The van der Waals surface area contributed by atoms with E-state index >= 15 is 0 Å². The Balaban J connectivity index is 1.55. The van der Waals surface area contributed by atoms with Gasteiger partial charge in [-0.25, -0.2) is 4.98 Å². The van der Waals surface area contributed by atoms with Gasteiger partial charge in [0.25, 0.3) is 0 Å². The van der Waals surface area contributed by atoms with Crippen LogP contribution in [-0.2, 0) is 22.6 Å². The van der Waals surface area contributed by atoms with Gasteiger partial charge in [0.1, 0.15) is 6.04 Å². The lowest BCUT2D eigenvalue weighted by Gasteiger charge is -2.37. The van der Waals surface area contributed by atoms with E-state index in [0.29, 0.717) is 45.3 Å². The van der Waals surface area contributed by atoms with Crippen molar-refractivity contribution >= 4 is 5.91 Å². The van der Waals surface area contributed by atoms with Crippen molar-refractivity contribution in [3.8, 4) is 5.88 Å². The summed E-state index contributed by atoms with van der Waals surface area (Å²) in [6, 6.07) is 5.58. The van der Waals surface area contributed by atoms with Gasteiger partial charge in [0.05, 0.1) is 26.0 Å². The monoisotopic (exact) mass is 357 g/mol. The highest BCUT2D eigenvalue weighted by Crippen LogP contribution is 2.26. The van der Waals surface area contributed by atoms with Crippen molar-refractivity contribution in [3.63, 3.8) is 0 Å². The number of amides is 1. The van der Waals surface area contributed by atoms with Crippen LogP contribution >= 0.6 is 0 Å². The van der Waals surface area contributed by atoms with E-state index in [1.54, 1.807) is 19.5 Å². The summed E-state index contributed by atoms with van der Waals surface area (Å²) in [5.41, 5.74) is 2.06. The molecule has 0 unspecified atom stereocenters. The predicted molar refractivity (Wildman–Crippen MR) is 93.6 cm³/mol. The Morgan fingerprint density at radius 3 is 2.96 bits per heavy atom. The van der Waals surface area contributed by atoms with E-state index in [-0.39, 0.29) is 11.9 Å². The Bertz CT molecular complexity index is 772. The summed E-state index contributed by atoms with van der Waals surface area (Å²) in [5, 5.41) is 4.40. The van der Waals surface area contributed by atoms with Crippen molar-refractivity contribution in [1.82, 2.24) is 24.6 Å². The molecule has 1 atom stereocenters. The molecule has 2 aromatic heterocycles. The molecule has 26 heavy (non-hydrogen) atoms. The maximum Gasteiger partial charge on any atom is 0.248 e. The fourth-order valence-corrected chi connectivity index (χ4v) is 3.63. The van der Waals surface area contributed by atoms with Crippen LogP contribution in [0, 0.1) is 0 Å². The zero-order chi connectivity index (χ0) is 17.9. The summed E-state index contributed by atoms with van der Waals surface area (Å²) >= 11 is 0. The van der Waals surface area contributed by atoms with Crippen LogP contribution in [-0.4, -0.2) is 70.4 Å². The molecule has 0 bridgehead atoms. The average molecular weight is 357 g/mol. The first kappa shape index (κ1) is 17.0. The van der Waals surface area contributed by atoms with E-state index in [1.807, 2.05) is 27.8 Å². The molecule has 2 aromatic rings. The average Bonchev–Trinajstić information content (AvgIpc) is 3.16. The Morgan fingerprint density at radius 1 is 1.31 bits per heavy atom. The lowest BCUT2D eigenvalue weighted by molar-refractivity contribution is -0.140. The summed E-state index contributed by atoms with van der Waals surface area (Å²) < 4.78 is 12.6. The van der Waals surface area contributed by atoms with Gasteiger partial charge >= 0.3 is 0 Å². The van der Waals surface area contributed by atoms with Crippen molar-refractivity contribution in [2.24, 2.45) is 0 Å². The van der Waals surface area contributed by atoms with E-state index in [1.165, 1.54) is 0 Å². The molecule has 0 spiro atoms. The number of hydrogen-bond acceptors (Lipinski definition) is 6. The minimum Gasteiger partial charge on any atom is -0.481 e. The van der Waals surface area contributed by atoms with Crippen molar-refractivity contribution in [3.05, 3.63) is 41.9 Å². The first-order valence-corrected chi connectivity index (χ1v) is 8.85. The van der Waals surface area contributed by atoms with E-state index < -0.39 is 0 Å². The highest BCUT2D eigenvalue weighted by Gasteiger charge is 2.34. The molecular formula is C18H23N5O3. The number of fused-ring (bicyclic) bond motifs is 1. The molecule has 2 aliphatic rings. The number of ether oxygens (including phenoxy) is 2. The van der Waals surface area contributed by atoms with Crippen molar-refractivity contribution in [2.75, 3.05) is 40.0 Å². The van der Waals surface area contributed by atoms with E-state index in [4.69, 9.17) is 9.47 Å². The molecule has 8 heteroatoms. The fraction of sp³-hybridized carbons (Fsp3) is 0.500. The quantitative estimate of drug-likeness (QED) is 0.802. The maximum atomic E-state index is 13.1. The molecule has 4 rings (SSSR count). The molecule has 0 N–H and O–H groups in total. The Morgan fingerprint density at radius 2 is 2.15 bits per heavy atom. The number of hydrogen-bond donors (Lipinski definition) is 0. The molecule has 0 aliphatic carbocycles. The van der Waals surface area contributed by atoms with E-state index in [2.05, 4.69) is 15.0 Å². The second kappa shape index (κ2) is 7.43. The largest absolute Gasteiger partial charge is 0.481 e. The number of morpholine rings is 1. The third kappa shape index (κ3) is 3.30. The van der Waals surface area contributed by atoms with Gasteiger partial charge in [0, 0.05) is 50.7 Å². The molecule has 0 aromatic carbocycles. The molecule has 1 fully saturated rings. The summed E-state index contributed by atoms with van der Waals surface area (Å²) in [4.78, 5) is 21.5. The highest BCUT2D eigenvalue weighted by atomic mass is 16.5. The van der Waals surface area contributed by atoms with Gasteiger partial charge in [-0.3, -0.25) is 14.4 Å². The molecule has 0 radical (unpaired) electrons. The number of methoxy groups -OCH3 is 1. The standard InChI is InChI=1S/C18H23N5O3/c1-25-17-14(3-2-5-19-17)11-21-12-15-4-6-20-23(15)16(13-21)18(24)22-7-9-26-10-8-22/h2-6,16H,7-13H2,1H3/t16-/m1/s1. The first-order chi connectivity index (χ1) is 12.8. The van der Waals surface area contributed by atoms with Gasteiger partial charge in [-0.2, -0.15) is 5.10 Å². The number of aromatic nitrogens is 3. The van der Waals surface area contributed by atoms with Crippen molar-refractivity contribution in [1.29, 1.82) is 0 Å². The molecule has 138 valence electrons. The molecular weight excluding hydrogens is 334 g/mol. The van der Waals surface area contributed by atoms with E-state index in [0.717, 1.165) is 17.8 Å². The first-order valence-electron chi connectivity index (χ1n) is 8.85. The fourth-order valence-electron chi connectivity index (χ4n) is 3.63. The SMILES string of the molecule is COc1ncccc1CN1Cc2ccnn2[C@@H](C(=O)N2CCOCC2)C1. The topological polar surface area (TPSA) is 72.7 Å². The third-order valence-corrected chi connectivity index (χ3v) is 4.91. The minimum atomic E-state index is -0.311. The minimum absolute atomic E-state index is 0.112. The van der Waals surface area contributed by atoms with Crippen LogP contribution in [0.5, 0.6) is 5.88 Å². The van der Waals surface area contributed by atoms with Gasteiger partial charge in [0.2, 0.25) is 11.8 Å². The highest BCUT2D eigenvalue weighted by molar-refractivity contribution is 5.81. The van der Waals surface area contributed by atoms with Gasteiger partial charge in [-0.05, 0) is 12.1 Å². The summed E-state index contributed by atoms with van der Waals surface area (Å²) in [6.45, 7) is 4.51. The molecule has 4 heterocycles. The van der Waals surface area contributed by atoms with Crippen LogP contribution in [0.4, 0.5) is 0 Å². The summed E-state index contributed by atoms with van der Waals surface area (Å²) in [7, 11) is 1.63. The van der Waals surface area contributed by atoms with Crippen LogP contribution in [0.25, 0.3) is 0 Å². The predicted octanol–water partition coefficient (Wildman–Crippen LogP) is 0.702. The Hall–Kier alpha value is -2.45. The van der Waals surface area contributed by atoms with Crippen LogP contribution in [0.3, 0.4) is 0 Å².